The molecular formula is C15H13ClF4N2O2. The molecule has 9 heteroatoms. The first-order valence-corrected chi connectivity index (χ1v) is 7.39. The second-order valence-corrected chi connectivity index (χ2v) is 5.18. The van der Waals surface area contributed by atoms with Gasteiger partial charge in [0.1, 0.15) is 11.4 Å². The summed E-state index contributed by atoms with van der Waals surface area (Å²) < 4.78 is 58.8. The van der Waals surface area contributed by atoms with E-state index in [0.717, 1.165) is 12.1 Å². The average molecular weight is 365 g/mol. The molecular weight excluding hydrogens is 352 g/mol. The molecule has 2 aromatic rings. The summed E-state index contributed by atoms with van der Waals surface area (Å²) in [5.41, 5.74) is -3.01. The summed E-state index contributed by atoms with van der Waals surface area (Å²) in [5.74, 6) is -0.804. The number of nitrogens with zero attached hydrogens (tertiary/aromatic N) is 2. The molecule has 1 aromatic heterocycles. The van der Waals surface area contributed by atoms with E-state index in [2.05, 4.69) is 5.10 Å². The number of ether oxygens (including phenoxy) is 1. The van der Waals surface area contributed by atoms with E-state index >= 15 is 0 Å². The SMILES string of the molecule is CCOc1cc(-n2ncc(C(F)(F)F)c(CC)c2=O)c(F)cc1Cl. The summed E-state index contributed by atoms with van der Waals surface area (Å²) in [6.45, 7) is 3.32. The average Bonchev–Trinajstić information content (AvgIpc) is 2.49. The third-order valence-corrected chi connectivity index (χ3v) is 3.56. The minimum atomic E-state index is -4.72. The van der Waals surface area contributed by atoms with Gasteiger partial charge in [0.2, 0.25) is 0 Å². The molecule has 0 aliphatic rings. The van der Waals surface area contributed by atoms with Crippen LogP contribution >= 0.6 is 11.6 Å². The Morgan fingerprint density at radius 1 is 1.29 bits per heavy atom. The second kappa shape index (κ2) is 6.80. The number of rotatable bonds is 4. The van der Waals surface area contributed by atoms with E-state index in [-0.39, 0.29) is 29.5 Å². The Morgan fingerprint density at radius 2 is 1.96 bits per heavy atom. The number of alkyl halides is 3. The molecule has 24 heavy (non-hydrogen) atoms. The third-order valence-electron chi connectivity index (χ3n) is 3.27. The standard InChI is InChI=1S/C15H13ClF4N2O2/c1-3-8-9(15(18,19)20)7-21-22(14(8)23)12-6-13(24-4-2)10(16)5-11(12)17/h5-7H,3-4H2,1-2H3. The first-order chi connectivity index (χ1) is 11.2. The Hall–Kier alpha value is -2.09. The summed E-state index contributed by atoms with van der Waals surface area (Å²) in [5, 5.41) is 3.44. The third kappa shape index (κ3) is 3.38. The highest BCUT2D eigenvalue weighted by Crippen LogP contribution is 2.32. The van der Waals surface area contributed by atoms with E-state index in [4.69, 9.17) is 16.3 Å². The minimum Gasteiger partial charge on any atom is -0.492 e. The largest absolute Gasteiger partial charge is 0.492 e. The van der Waals surface area contributed by atoms with Gasteiger partial charge in [-0.3, -0.25) is 4.79 Å². The number of halogens is 5. The predicted octanol–water partition coefficient (Wildman–Crippen LogP) is 4.00. The predicted molar refractivity (Wildman–Crippen MR) is 80.4 cm³/mol. The van der Waals surface area contributed by atoms with E-state index in [0.29, 0.717) is 10.9 Å². The molecule has 4 nitrogen and oxygen atoms in total. The van der Waals surface area contributed by atoms with Crippen molar-refractivity contribution in [3.63, 3.8) is 0 Å². The van der Waals surface area contributed by atoms with Crippen molar-refractivity contribution in [3.8, 4) is 11.4 Å². The van der Waals surface area contributed by atoms with Gasteiger partial charge in [-0.1, -0.05) is 18.5 Å². The Morgan fingerprint density at radius 3 is 2.50 bits per heavy atom. The fourth-order valence-corrected chi connectivity index (χ4v) is 2.40. The summed E-state index contributed by atoms with van der Waals surface area (Å²) in [6, 6.07) is 2.04. The monoisotopic (exact) mass is 364 g/mol. The molecule has 0 N–H and O–H groups in total. The summed E-state index contributed by atoms with van der Waals surface area (Å²) in [4.78, 5) is 12.3. The first kappa shape index (κ1) is 18.3. The molecule has 130 valence electrons. The number of hydrogen-bond donors (Lipinski definition) is 0. The van der Waals surface area contributed by atoms with E-state index in [1.165, 1.54) is 6.92 Å². The van der Waals surface area contributed by atoms with Crippen LogP contribution in [0, 0.1) is 5.82 Å². The maximum absolute atomic E-state index is 14.1. The molecule has 1 aromatic carbocycles. The van der Waals surface area contributed by atoms with Gasteiger partial charge in [0.25, 0.3) is 5.56 Å². The molecule has 0 radical (unpaired) electrons. The van der Waals surface area contributed by atoms with Crippen LogP contribution in [0.25, 0.3) is 5.69 Å². The minimum absolute atomic E-state index is 0.0197. The van der Waals surface area contributed by atoms with Gasteiger partial charge in [0.05, 0.1) is 23.4 Å². The highest BCUT2D eigenvalue weighted by molar-refractivity contribution is 6.32. The van der Waals surface area contributed by atoms with Crippen molar-refractivity contribution in [1.29, 1.82) is 0 Å². The van der Waals surface area contributed by atoms with Crippen molar-refractivity contribution < 1.29 is 22.3 Å². The molecule has 2 rings (SSSR count). The van der Waals surface area contributed by atoms with Gasteiger partial charge < -0.3 is 4.74 Å². The van der Waals surface area contributed by atoms with Crippen molar-refractivity contribution in [2.75, 3.05) is 6.61 Å². The van der Waals surface area contributed by atoms with E-state index in [1.807, 2.05) is 0 Å². The van der Waals surface area contributed by atoms with Crippen LogP contribution in [-0.4, -0.2) is 16.4 Å². The molecule has 0 aliphatic carbocycles. The first-order valence-electron chi connectivity index (χ1n) is 7.01. The highest BCUT2D eigenvalue weighted by Gasteiger charge is 2.35. The Labute approximate surface area is 139 Å². The van der Waals surface area contributed by atoms with Gasteiger partial charge in [-0.05, 0) is 19.4 Å². The van der Waals surface area contributed by atoms with Crippen molar-refractivity contribution in [2.24, 2.45) is 0 Å². The van der Waals surface area contributed by atoms with E-state index in [1.54, 1.807) is 6.92 Å². The molecule has 0 amide bonds. The van der Waals surface area contributed by atoms with Gasteiger partial charge in [-0.15, -0.1) is 0 Å². The number of hydrogen-bond acceptors (Lipinski definition) is 3. The molecule has 0 bridgehead atoms. The van der Waals surface area contributed by atoms with Crippen LogP contribution in [-0.2, 0) is 12.6 Å². The lowest BCUT2D eigenvalue weighted by molar-refractivity contribution is -0.138. The fourth-order valence-electron chi connectivity index (χ4n) is 2.19. The maximum atomic E-state index is 14.1. The van der Waals surface area contributed by atoms with Crippen molar-refractivity contribution in [2.45, 2.75) is 26.4 Å². The van der Waals surface area contributed by atoms with Crippen LogP contribution in [0.1, 0.15) is 25.0 Å². The van der Waals surface area contributed by atoms with Crippen LogP contribution in [0.5, 0.6) is 5.75 Å². The zero-order valence-corrected chi connectivity index (χ0v) is 13.5. The van der Waals surface area contributed by atoms with Gasteiger partial charge >= 0.3 is 6.18 Å². The molecule has 0 saturated carbocycles. The van der Waals surface area contributed by atoms with Gasteiger partial charge in [0.15, 0.2) is 5.82 Å². The fraction of sp³-hybridized carbons (Fsp3) is 0.333. The van der Waals surface area contributed by atoms with Crippen LogP contribution in [0.3, 0.4) is 0 Å². The second-order valence-electron chi connectivity index (χ2n) is 4.77. The number of aromatic nitrogens is 2. The van der Waals surface area contributed by atoms with Crippen LogP contribution in [0.4, 0.5) is 17.6 Å². The van der Waals surface area contributed by atoms with Crippen molar-refractivity contribution >= 4 is 11.6 Å². The lowest BCUT2D eigenvalue weighted by Gasteiger charge is -2.14. The van der Waals surface area contributed by atoms with Gasteiger partial charge in [0, 0.05) is 11.6 Å². The summed E-state index contributed by atoms with van der Waals surface area (Å²) in [7, 11) is 0. The maximum Gasteiger partial charge on any atom is 0.418 e. The molecule has 0 unspecified atom stereocenters. The van der Waals surface area contributed by atoms with Crippen LogP contribution in [0.15, 0.2) is 23.1 Å². The van der Waals surface area contributed by atoms with Gasteiger partial charge in [-0.2, -0.15) is 23.0 Å². The van der Waals surface area contributed by atoms with Crippen molar-refractivity contribution in [3.05, 3.63) is 50.7 Å². The highest BCUT2D eigenvalue weighted by atomic mass is 35.5. The molecule has 1 heterocycles. The quantitative estimate of drug-likeness (QED) is 0.770. The Bertz CT molecular complexity index is 818. The smallest absolute Gasteiger partial charge is 0.418 e. The van der Waals surface area contributed by atoms with Crippen LogP contribution in [0.2, 0.25) is 5.02 Å². The normalized spacial score (nSPS) is 11.6. The topological polar surface area (TPSA) is 44.1 Å². The number of benzene rings is 1. The molecule has 0 aliphatic heterocycles. The molecule has 0 atom stereocenters. The summed E-state index contributed by atoms with van der Waals surface area (Å²) in [6.07, 6.45) is -4.38. The zero-order valence-electron chi connectivity index (χ0n) is 12.7. The van der Waals surface area contributed by atoms with Crippen molar-refractivity contribution in [1.82, 2.24) is 9.78 Å². The molecule has 0 spiro atoms. The summed E-state index contributed by atoms with van der Waals surface area (Å²) >= 11 is 5.83. The van der Waals surface area contributed by atoms with E-state index < -0.39 is 28.7 Å². The molecule has 0 saturated heterocycles. The lowest BCUT2D eigenvalue weighted by atomic mass is 10.1. The Kier molecular flexibility index (Phi) is 5.17. The lowest BCUT2D eigenvalue weighted by Crippen LogP contribution is -2.29. The van der Waals surface area contributed by atoms with Crippen LogP contribution < -0.4 is 10.3 Å². The zero-order chi connectivity index (χ0) is 18.1. The molecule has 0 fully saturated rings. The van der Waals surface area contributed by atoms with Gasteiger partial charge in [-0.25, -0.2) is 4.39 Å². The van der Waals surface area contributed by atoms with E-state index in [9.17, 15) is 22.4 Å². The Balaban J connectivity index is 2.70.